The van der Waals surface area contributed by atoms with Crippen molar-refractivity contribution in [1.29, 1.82) is 5.26 Å². The first-order valence-electron chi connectivity index (χ1n) is 13.5. The molecule has 6 nitrogen and oxygen atoms in total. The second-order valence-corrected chi connectivity index (χ2v) is 12.3. The smallest absolute Gasteiger partial charge is 0.338 e. The van der Waals surface area contributed by atoms with E-state index in [0.29, 0.717) is 17.7 Å². The predicted molar refractivity (Wildman–Crippen MR) is 159 cm³/mol. The number of nitrogens with one attached hydrogen (secondary N) is 2. The predicted octanol–water partition coefficient (Wildman–Crippen LogP) is 7.41. The van der Waals surface area contributed by atoms with Crippen molar-refractivity contribution in [1.82, 2.24) is 5.32 Å². The molecule has 3 aromatic carbocycles. The first-order valence-corrected chi connectivity index (χ1v) is 14.2. The van der Waals surface area contributed by atoms with E-state index in [0.717, 1.165) is 6.07 Å². The normalized spacial score (nSPS) is 21.9. The quantitative estimate of drug-likeness (QED) is 0.271. The molecule has 1 aliphatic rings. The number of benzene rings is 3. The van der Waals surface area contributed by atoms with Gasteiger partial charge in [0.25, 0.3) is 0 Å². The van der Waals surface area contributed by atoms with Crippen molar-refractivity contribution in [3.63, 3.8) is 0 Å². The summed E-state index contributed by atoms with van der Waals surface area (Å²) in [4.78, 5) is 26.0. The van der Waals surface area contributed by atoms with E-state index in [1.54, 1.807) is 6.92 Å². The van der Waals surface area contributed by atoms with E-state index in [2.05, 4.69) is 16.7 Å². The molecule has 1 saturated heterocycles. The Bertz CT molecular complexity index is 1540. The van der Waals surface area contributed by atoms with Crippen molar-refractivity contribution in [2.75, 3.05) is 11.9 Å². The highest BCUT2D eigenvalue weighted by molar-refractivity contribution is 6.31. The molecule has 1 fully saturated rings. The first-order chi connectivity index (χ1) is 19.8. The maximum Gasteiger partial charge on any atom is 0.338 e. The Labute approximate surface area is 254 Å². The molecule has 1 amide bonds. The van der Waals surface area contributed by atoms with Gasteiger partial charge in [-0.15, -0.1) is 0 Å². The van der Waals surface area contributed by atoms with Crippen LogP contribution in [0, 0.1) is 28.4 Å². The van der Waals surface area contributed by atoms with Gasteiger partial charge in [0.15, 0.2) is 0 Å². The third-order valence-electron chi connectivity index (χ3n) is 7.40. The van der Waals surface area contributed by atoms with Gasteiger partial charge in [-0.05, 0) is 66.8 Å². The monoisotopic (exact) mass is 613 g/mol. The Morgan fingerprint density at radius 3 is 2.38 bits per heavy atom. The fourth-order valence-electron chi connectivity index (χ4n) is 5.68. The number of hydrogen-bond acceptors (Lipinski definition) is 5. The van der Waals surface area contributed by atoms with Crippen LogP contribution in [0.15, 0.2) is 60.7 Å². The van der Waals surface area contributed by atoms with Gasteiger partial charge in [-0.3, -0.25) is 4.79 Å². The highest BCUT2D eigenvalue weighted by atomic mass is 35.5. The number of nitrogens with zero attached hydrogens (tertiary/aromatic N) is 1. The fourth-order valence-corrected chi connectivity index (χ4v) is 6.02. The van der Waals surface area contributed by atoms with Crippen LogP contribution in [0.25, 0.3) is 0 Å². The van der Waals surface area contributed by atoms with Crippen LogP contribution in [0.2, 0.25) is 10.0 Å². The number of carbonyl (C=O) groups excluding carboxylic acids is 2. The lowest BCUT2D eigenvalue weighted by Crippen LogP contribution is -2.45. The summed E-state index contributed by atoms with van der Waals surface area (Å²) in [6.07, 6.45) is 0.347. The number of halogens is 4. The molecule has 42 heavy (non-hydrogen) atoms. The number of hydrogen-bond donors (Lipinski definition) is 2. The van der Waals surface area contributed by atoms with Crippen LogP contribution in [-0.2, 0) is 14.9 Å². The van der Waals surface area contributed by atoms with E-state index in [1.165, 1.54) is 54.6 Å². The summed E-state index contributed by atoms with van der Waals surface area (Å²) < 4.78 is 36.5. The van der Waals surface area contributed by atoms with Crippen molar-refractivity contribution < 1.29 is 23.1 Å². The molecule has 2 N–H and O–H groups in total. The lowest BCUT2D eigenvalue weighted by Gasteiger charge is -2.37. The van der Waals surface area contributed by atoms with Crippen LogP contribution in [0.3, 0.4) is 0 Å². The Balaban J connectivity index is 1.87. The van der Waals surface area contributed by atoms with Gasteiger partial charge in [0.2, 0.25) is 5.91 Å². The number of rotatable bonds is 7. The molecular weight excluding hydrogens is 583 g/mol. The Kier molecular flexibility index (Phi) is 9.27. The van der Waals surface area contributed by atoms with Gasteiger partial charge >= 0.3 is 5.97 Å². The van der Waals surface area contributed by atoms with Crippen LogP contribution in [-0.4, -0.2) is 30.6 Å². The van der Waals surface area contributed by atoms with Crippen LogP contribution in [0.1, 0.15) is 61.5 Å². The third kappa shape index (κ3) is 6.14. The summed E-state index contributed by atoms with van der Waals surface area (Å²) in [5.41, 5.74) is -1.44. The number of nitriles is 1. The lowest BCUT2D eigenvalue weighted by atomic mass is 9.62. The van der Waals surface area contributed by atoms with Crippen LogP contribution in [0.5, 0.6) is 0 Å². The summed E-state index contributed by atoms with van der Waals surface area (Å²) in [6, 6.07) is 14.8. The highest BCUT2D eigenvalue weighted by Crippen LogP contribution is 2.52. The van der Waals surface area contributed by atoms with Gasteiger partial charge in [0.05, 0.1) is 29.3 Å². The molecular formula is C32H31Cl2F2N3O3. The molecule has 0 aromatic heterocycles. The van der Waals surface area contributed by atoms with Crippen LogP contribution in [0.4, 0.5) is 14.5 Å². The van der Waals surface area contributed by atoms with Crippen LogP contribution >= 0.6 is 23.2 Å². The number of anilines is 1. The average Bonchev–Trinajstić information content (AvgIpc) is 3.23. The van der Waals surface area contributed by atoms with E-state index in [9.17, 15) is 14.9 Å². The Morgan fingerprint density at radius 2 is 1.79 bits per heavy atom. The van der Waals surface area contributed by atoms with E-state index >= 15 is 8.78 Å². The summed E-state index contributed by atoms with van der Waals surface area (Å²) >= 11 is 12.2. The number of ether oxygens (including phenoxy) is 1. The number of amides is 1. The van der Waals surface area contributed by atoms with Gasteiger partial charge in [-0.1, -0.05) is 62.2 Å². The summed E-state index contributed by atoms with van der Waals surface area (Å²) in [5, 5.41) is 16.9. The Hall–Kier alpha value is -3.51. The van der Waals surface area contributed by atoms with Crippen molar-refractivity contribution in [3.05, 3.63) is 99.0 Å². The van der Waals surface area contributed by atoms with Gasteiger partial charge in [-0.25, -0.2) is 13.6 Å². The molecule has 0 saturated carbocycles. The van der Waals surface area contributed by atoms with E-state index in [1.807, 2.05) is 20.8 Å². The fraction of sp³-hybridized carbons (Fsp3) is 0.344. The second-order valence-electron chi connectivity index (χ2n) is 11.5. The minimum Gasteiger partial charge on any atom is -0.462 e. The molecule has 1 aliphatic heterocycles. The van der Waals surface area contributed by atoms with Crippen molar-refractivity contribution >= 4 is 40.8 Å². The highest BCUT2D eigenvalue weighted by Gasteiger charge is 2.61. The topological polar surface area (TPSA) is 91.2 Å². The second kappa shape index (κ2) is 12.4. The molecule has 4 atom stereocenters. The van der Waals surface area contributed by atoms with Crippen molar-refractivity contribution in [2.24, 2.45) is 5.41 Å². The lowest BCUT2D eigenvalue weighted by molar-refractivity contribution is -0.118. The van der Waals surface area contributed by atoms with Gasteiger partial charge in [0, 0.05) is 28.2 Å². The molecule has 0 bridgehead atoms. The average molecular weight is 615 g/mol. The van der Waals surface area contributed by atoms with Gasteiger partial charge < -0.3 is 15.4 Å². The van der Waals surface area contributed by atoms with Gasteiger partial charge in [-0.2, -0.15) is 5.26 Å². The zero-order chi connectivity index (χ0) is 30.8. The maximum atomic E-state index is 15.8. The van der Waals surface area contributed by atoms with E-state index in [-0.39, 0.29) is 33.2 Å². The molecule has 0 aliphatic carbocycles. The third-order valence-corrected chi connectivity index (χ3v) is 7.92. The summed E-state index contributed by atoms with van der Waals surface area (Å²) in [7, 11) is 0. The molecule has 0 spiro atoms. The van der Waals surface area contributed by atoms with Gasteiger partial charge in [0.1, 0.15) is 17.0 Å². The molecule has 0 radical (unpaired) electrons. The SMILES string of the molecule is CCOC(=O)c1ccc(NC(=O)[C@@H]2NC(CC(C)(C)C)[C@](C#N)(c3ccc(Cl)cc3F)C2c2cccc(Cl)c2F)cc1. The number of carbonyl (C=O) groups is 2. The maximum absolute atomic E-state index is 15.8. The zero-order valence-corrected chi connectivity index (χ0v) is 25.1. The van der Waals surface area contributed by atoms with E-state index < -0.39 is 46.9 Å². The first kappa shape index (κ1) is 31.4. The minimum atomic E-state index is -1.73. The molecule has 220 valence electrons. The van der Waals surface area contributed by atoms with Crippen molar-refractivity contribution in [2.45, 2.75) is 57.5 Å². The minimum absolute atomic E-state index is 0.000109. The molecule has 3 aromatic rings. The number of esters is 1. The molecule has 2 unspecified atom stereocenters. The zero-order valence-electron chi connectivity index (χ0n) is 23.6. The Morgan fingerprint density at radius 1 is 1.10 bits per heavy atom. The summed E-state index contributed by atoms with van der Waals surface area (Å²) in [5.74, 6) is -3.81. The standard InChI is InChI=1S/C32H31Cl2F2N3O3/c1-5-42-30(41)18-9-12-20(13-10-18)38-29(40)28-26(21-7-6-8-23(34)27(21)36)32(17-37,25(39-28)16-31(2,3)4)22-14-11-19(33)15-24(22)35/h6-15,25-26,28,39H,5,16H2,1-4H3,(H,38,40)/t25?,26?,28-,32+/m1/s1. The molecule has 1 heterocycles. The summed E-state index contributed by atoms with van der Waals surface area (Å²) in [6.45, 7) is 7.80. The van der Waals surface area contributed by atoms with Crippen molar-refractivity contribution in [3.8, 4) is 6.07 Å². The largest absolute Gasteiger partial charge is 0.462 e. The molecule has 4 rings (SSSR count). The molecule has 10 heteroatoms. The van der Waals surface area contributed by atoms with Crippen LogP contribution < -0.4 is 10.6 Å². The van der Waals surface area contributed by atoms with E-state index in [4.69, 9.17) is 27.9 Å².